The van der Waals surface area contributed by atoms with Crippen LogP contribution < -0.4 is 0 Å². The van der Waals surface area contributed by atoms with Crippen molar-refractivity contribution in [3.8, 4) is 0 Å². The normalized spacial score (nSPS) is 19.1. The predicted octanol–water partition coefficient (Wildman–Crippen LogP) is 8.20. The molecule has 0 aromatic heterocycles. The third-order valence-corrected chi connectivity index (χ3v) is 12.5. The van der Waals surface area contributed by atoms with Crippen molar-refractivity contribution in [3.63, 3.8) is 0 Å². The molecule has 8 heteroatoms. The molecule has 0 aliphatic carbocycles. The molecule has 1 saturated heterocycles. The summed E-state index contributed by atoms with van der Waals surface area (Å²) in [7, 11) is -0.844. The van der Waals surface area contributed by atoms with Crippen LogP contribution in [0.4, 0.5) is 4.79 Å². The first-order valence-corrected chi connectivity index (χ1v) is 16.9. The average molecular weight is 574 g/mol. The Morgan fingerprint density at radius 1 is 0.974 bits per heavy atom. The van der Waals surface area contributed by atoms with Crippen molar-refractivity contribution in [1.82, 2.24) is 4.90 Å². The summed E-state index contributed by atoms with van der Waals surface area (Å²) in [5.41, 5.74) is 1.91. The molecule has 1 heterocycles. The lowest BCUT2D eigenvalue weighted by Gasteiger charge is -2.43. The summed E-state index contributed by atoms with van der Waals surface area (Å²) < 4.78 is 17.8. The zero-order chi connectivity index (χ0) is 29.2. The molecule has 3 atom stereocenters. The Balaban J connectivity index is 2.00. The van der Waals surface area contributed by atoms with E-state index in [1.165, 1.54) is 7.11 Å². The number of benzene rings is 2. The molecule has 2 aromatic carbocycles. The van der Waals surface area contributed by atoms with Gasteiger partial charge in [-0.15, -0.1) is 0 Å². The highest BCUT2D eigenvalue weighted by Crippen LogP contribution is 2.44. The molecule has 39 heavy (non-hydrogen) atoms. The number of likely N-dealkylation sites (tertiary alicyclic amines) is 1. The van der Waals surface area contributed by atoms with E-state index in [2.05, 4.69) is 33.9 Å². The van der Waals surface area contributed by atoms with Crippen LogP contribution in [0.2, 0.25) is 23.2 Å². The maximum Gasteiger partial charge on any atom is 0.410 e. The van der Waals surface area contributed by atoms with E-state index in [4.69, 9.17) is 25.5 Å². The molecule has 214 valence electrons. The Bertz CT molecular complexity index is 1140. The average Bonchev–Trinajstić information content (AvgIpc) is 3.24. The first kappa shape index (κ1) is 31.2. The predicted molar refractivity (Wildman–Crippen MR) is 159 cm³/mol. The van der Waals surface area contributed by atoms with Crippen LogP contribution >= 0.6 is 11.6 Å². The molecule has 1 amide bonds. The van der Waals surface area contributed by atoms with Crippen molar-refractivity contribution in [3.05, 3.63) is 70.2 Å². The van der Waals surface area contributed by atoms with Gasteiger partial charge in [-0.2, -0.15) is 0 Å². The van der Waals surface area contributed by atoms with E-state index in [0.29, 0.717) is 17.0 Å². The number of rotatable bonds is 7. The number of hydrogen-bond acceptors (Lipinski definition) is 5. The van der Waals surface area contributed by atoms with Gasteiger partial charge in [-0.25, -0.2) is 9.59 Å². The minimum Gasteiger partial charge on any atom is -0.465 e. The molecular weight excluding hydrogens is 530 g/mol. The molecule has 0 spiro atoms. The van der Waals surface area contributed by atoms with Gasteiger partial charge in [0.25, 0.3) is 0 Å². The van der Waals surface area contributed by atoms with E-state index >= 15 is 0 Å². The Hall–Kier alpha value is -2.35. The molecule has 1 fully saturated rings. The highest BCUT2D eigenvalue weighted by molar-refractivity contribution is 6.74. The first-order valence-electron chi connectivity index (χ1n) is 13.6. The molecule has 0 N–H and O–H groups in total. The van der Waals surface area contributed by atoms with E-state index in [1.54, 1.807) is 12.1 Å². The smallest absolute Gasteiger partial charge is 0.410 e. The summed E-state index contributed by atoms with van der Waals surface area (Å²) in [4.78, 5) is 27.6. The summed E-state index contributed by atoms with van der Waals surface area (Å²) >= 11 is 6.24. The number of ether oxygens (including phenoxy) is 2. The van der Waals surface area contributed by atoms with Crippen molar-refractivity contribution >= 4 is 32.0 Å². The molecule has 0 saturated carbocycles. The fraction of sp³-hybridized carbons (Fsp3) is 0.548. The molecule has 0 unspecified atom stereocenters. The van der Waals surface area contributed by atoms with Gasteiger partial charge in [0.05, 0.1) is 24.8 Å². The number of esters is 1. The van der Waals surface area contributed by atoms with Gasteiger partial charge in [-0.3, -0.25) is 4.90 Å². The standard InChI is InChI=1S/C31H44ClNO5Si/c1-30(2,3)37-29(35)33-25(20-21-10-12-23(13-11-21)28(34)36-7)18-19-26(33)27(22-14-16-24(32)17-15-22)38-39(8,9)31(4,5)6/h10-17,25-27H,18-20H2,1-9H3/t25-,26+,27+/m0/s1. The molecule has 1 aliphatic heterocycles. The summed E-state index contributed by atoms with van der Waals surface area (Å²) in [5, 5.41) is 0.655. The SMILES string of the molecule is COC(=O)c1ccc(C[C@@H]2CC[C@H]([C@H](O[Si](C)(C)C(C)(C)C)c3ccc(Cl)cc3)N2C(=O)OC(C)(C)C)cc1. The van der Waals surface area contributed by atoms with Crippen LogP contribution in [0.15, 0.2) is 48.5 Å². The van der Waals surface area contributed by atoms with Crippen molar-refractivity contribution in [2.24, 2.45) is 0 Å². The van der Waals surface area contributed by atoms with Gasteiger partial charge in [0.1, 0.15) is 5.60 Å². The third-order valence-electron chi connectivity index (χ3n) is 7.77. The minimum absolute atomic E-state index is 0.00614. The maximum absolute atomic E-state index is 13.8. The summed E-state index contributed by atoms with van der Waals surface area (Å²) in [6.07, 6.45) is 1.59. The van der Waals surface area contributed by atoms with Crippen LogP contribution in [-0.2, 0) is 20.3 Å². The van der Waals surface area contributed by atoms with Crippen molar-refractivity contribution < 1.29 is 23.5 Å². The molecule has 6 nitrogen and oxygen atoms in total. The van der Waals surface area contributed by atoms with Crippen molar-refractivity contribution in [2.75, 3.05) is 7.11 Å². The quantitative estimate of drug-likeness (QED) is 0.247. The fourth-order valence-corrected chi connectivity index (χ4v) is 6.10. The Morgan fingerprint density at radius 2 is 1.56 bits per heavy atom. The second-order valence-electron chi connectivity index (χ2n) is 12.9. The number of methoxy groups -OCH3 is 1. The number of carbonyl (C=O) groups is 2. The molecule has 0 bridgehead atoms. The Morgan fingerprint density at radius 3 is 2.08 bits per heavy atom. The van der Waals surface area contributed by atoms with Crippen LogP contribution in [0.3, 0.4) is 0 Å². The number of halogens is 1. The number of carbonyl (C=O) groups excluding carboxylic acids is 2. The zero-order valence-corrected chi connectivity index (χ0v) is 26.6. The Kier molecular flexibility index (Phi) is 9.62. The van der Waals surface area contributed by atoms with Gasteiger partial charge in [0.2, 0.25) is 0 Å². The van der Waals surface area contributed by atoms with Gasteiger partial charge in [-0.1, -0.05) is 56.6 Å². The van der Waals surface area contributed by atoms with E-state index in [0.717, 1.165) is 24.0 Å². The van der Waals surface area contributed by atoms with Crippen LogP contribution in [-0.4, -0.2) is 50.1 Å². The van der Waals surface area contributed by atoms with Gasteiger partial charge in [-0.05, 0) is 93.6 Å². The highest BCUT2D eigenvalue weighted by atomic mass is 35.5. The number of hydrogen-bond donors (Lipinski definition) is 0. The van der Waals surface area contributed by atoms with Crippen LogP contribution in [0.1, 0.15) is 82.0 Å². The first-order chi connectivity index (χ1) is 18.0. The lowest BCUT2D eigenvalue weighted by atomic mass is 10.0. The topological polar surface area (TPSA) is 65.1 Å². The highest BCUT2D eigenvalue weighted by Gasteiger charge is 2.47. The minimum atomic E-state index is -2.22. The largest absolute Gasteiger partial charge is 0.465 e. The Labute approximate surface area is 240 Å². The molecule has 2 aromatic rings. The second-order valence-corrected chi connectivity index (χ2v) is 18.1. The summed E-state index contributed by atoms with van der Waals surface area (Å²) in [6, 6.07) is 14.9. The van der Waals surface area contributed by atoms with Gasteiger partial charge in [0.15, 0.2) is 8.32 Å². The molecule has 1 aliphatic rings. The molecule has 0 radical (unpaired) electrons. The lowest BCUT2D eigenvalue weighted by Crippen LogP contribution is -2.50. The molecule has 3 rings (SSSR count). The van der Waals surface area contributed by atoms with E-state index in [-0.39, 0.29) is 35.3 Å². The van der Waals surface area contributed by atoms with Gasteiger partial charge < -0.3 is 13.9 Å². The van der Waals surface area contributed by atoms with Crippen molar-refractivity contribution in [2.45, 2.75) is 103 Å². The molecular formula is C31H44ClNO5Si. The van der Waals surface area contributed by atoms with Gasteiger partial charge in [0, 0.05) is 11.1 Å². The fourth-order valence-electron chi connectivity index (χ4n) is 4.69. The van der Waals surface area contributed by atoms with Crippen molar-refractivity contribution in [1.29, 1.82) is 0 Å². The number of nitrogens with zero attached hydrogens (tertiary/aromatic N) is 1. The maximum atomic E-state index is 13.8. The second kappa shape index (κ2) is 12.0. The van der Waals surface area contributed by atoms with Crippen LogP contribution in [0.5, 0.6) is 0 Å². The lowest BCUT2D eigenvalue weighted by molar-refractivity contribution is -0.00239. The summed E-state index contributed by atoms with van der Waals surface area (Å²) in [5.74, 6) is -0.369. The third kappa shape index (κ3) is 7.86. The van der Waals surface area contributed by atoms with Crippen LogP contribution in [0.25, 0.3) is 0 Å². The van der Waals surface area contributed by atoms with E-state index < -0.39 is 13.9 Å². The number of amides is 1. The summed E-state index contributed by atoms with van der Waals surface area (Å²) in [6.45, 7) is 16.8. The van der Waals surface area contributed by atoms with Crippen LogP contribution in [0, 0.1) is 0 Å². The zero-order valence-electron chi connectivity index (χ0n) is 24.8. The van der Waals surface area contributed by atoms with E-state index in [1.807, 2.05) is 62.1 Å². The van der Waals surface area contributed by atoms with E-state index in [9.17, 15) is 9.59 Å². The van der Waals surface area contributed by atoms with Gasteiger partial charge >= 0.3 is 12.1 Å². The monoisotopic (exact) mass is 573 g/mol.